The van der Waals surface area contributed by atoms with Gasteiger partial charge in [-0.05, 0) is 26.0 Å². The Labute approximate surface area is 392 Å². The van der Waals surface area contributed by atoms with E-state index in [2.05, 4.69) is 50.6 Å². The molecule has 0 bridgehead atoms. The minimum absolute atomic E-state index is 0.179. The van der Waals surface area contributed by atoms with Crippen molar-refractivity contribution in [3.05, 3.63) is 95.6 Å². The molecule has 0 atom stereocenters. The number of halogens is 4. The summed E-state index contributed by atoms with van der Waals surface area (Å²) in [4.78, 5) is 26.5. The Morgan fingerprint density at radius 3 is 1.41 bits per heavy atom. The standard InChI is InChI=1S/C24H28F2N6O3S.C23H26F2N6O/c1-16-23(28-18-13-19(15-27-14-18)30-7-9-35-10-8-30)22-20(26)11-17(25)12-21(22)29-24(16)31-3-5-32(6-4-31)36(2,33)34;1-15-22(28-17-12-18(14-27-13-17)30-6-8-32-9-7-30)21-19(25)10-16(24)11-20(21)29-23(15)31-4-2-26-3-5-31/h11-15H,3-10H2,1-2H3,(H,28,29);10-14,26H,2-9H2,1H3,(H,28,29). The van der Waals surface area contributed by atoms with Crippen molar-refractivity contribution in [2.45, 2.75) is 13.8 Å². The number of nitrogens with zero attached hydrogens (tertiary/aromatic N) is 9. The number of hydrogen-bond donors (Lipinski definition) is 3. The maximum Gasteiger partial charge on any atom is 0.211 e. The van der Waals surface area contributed by atoms with Gasteiger partial charge in [0.15, 0.2) is 0 Å². The molecular formula is C47H54F4N12O4S. The summed E-state index contributed by atoms with van der Waals surface area (Å²) in [5, 5.41) is 10.5. The maximum atomic E-state index is 15.1. The molecule has 68 heavy (non-hydrogen) atoms. The Balaban J connectivity index is 0.000000171. The molecule has 0 saturated carbocycles. The van der Waals surface area contributed by atoms with Crippen LogP contribution in [-0.4, -0.2) is 144 Å². The number of nitrogens with one attached hydrogen (secondary N) is 3. The first-order valence-corrected chi connectivity index (χ1v) is 24.5. The first kappa shape index (κ1) is 47.0. The third kappa shape index (κ3) is 10.3. The highest BCUT2D eigenvalue weighted by atomic mass is 32.2. The number of pyridine rings is 4. The van der Waals surface area contributed by atoms with Crippen LogP contribution in [0.1, 0.15) is 11.1 Å². The molecule has 8 heterocycles. The van der Waals surface area contributed by atoms with Gasteiger partial charge in [0.2, 0.25) is 10.0 Å². The molecule has 4 aromatic heterocycles. The third-order valence-corrected chi connectivity index (χ3v) is 13.9. The summed E-state index contributed by atoms with van der Waals surface area (Å²) in [6.07, 6.45) is 8.14. The molecule has 21 heteroatoms. The summed E-state index contributed by atoms with van der Waals surface area (Å²) >= 11 is 0. The minimum atomic E-state index is -3.29. The highest BCUT2D eigenvalue weighted by molar-refractivity contribution is 7.88. The number of morpholine rings is 2. The van der Waals surface area contributed by atoms with Gasteiger partial charge in [-0.25, -0.2) is 35.9 Å². The van der Waals surface area contributed by atoms with E-state index in [0.29, 0.717) is 86.6 Å². The summed E-state index contributed by atoms with van der Waals surface area (Å²) in [6, 6.07) is 8.19. The summed E-state index contributed by atoms with van der Waals surface area (Å²) in [6.45, 7) is 14.2. The molecule has 6 aromatic rings. The van der Waals surface area contributed by atoms with Crippen LogP contribution in [0.5, 0.6) is 0 Å². The van der Waals surface area contributed by atoms with Gasteiger partial charge in [-0.3, -0.25) is 9.97 Å². The second-order valence-corrected chi connectivity index (χ2v) is 19.1. The van der Waals surface area contributed by atoms with Crippen LogP contribution in [0.15, 0.2) is 61.2 Å². The first-order valence-electron chi connectivity index (χ1n) is 22.6. The second-order valence-electron chi connectivity index (χ2n) is 17.1. The smallest absolute Gasteiger partial charge is 0.211 e. The molecule has 4 aliphatic heterocycles. The number of piperazine rings is 2. The van der Waals surface area contributed by atoms with Crippen LogP contribution in [0.3, 0.4) is 0 Å². The first-order chi connectivity index (χ1) is 32.8. The zero-order chi connectivity index (χ0) is 47.5. The van der Waals surface area contributed by atoms with Gasteiger partial charge < -0.3 is 45.0 Å². The number of aromatic nitrogens is 4. The fourth-order valence-electron chi connectivity index (χ4n) is 9.09. The van der Waals surface area contributed by atoms with Gasteiger partial charge in [0.05, 0.1) is 113 Å². The predicted octanol–water partition coefficient (Wildman–Crippen LogP) is 6.08. The quantitative estimate of drug-likeness (QED) is 0.143. The summed E-state index contributed by atoms with van der Waals surface area (Å²) in [5.74, 6) is -1.41. The number of fused-ring (bicyclic) bond motifs is 2. The number of sulfonamides is 1. The van der Waals surface area contributed by atoms with Gasteiger partial charge in [0.25, 0.3) is 0 Å². The molecule has 0 amide bonds. The van der Waals surface area contributed by atoms with E-state index in [0.717, 1.165) is 92.9 Å². The topological polar surface area (TPSA) is 156 Å². The molecule has 10 rings (SSSR count). The number of rotatable bonds is 9. The highest BCUT2D eigenvalue weighted by Gasteiger charge is 2.28. The molecule has 4 saturated heterocycles. The lowest BCUT2D eigenvalue weighted by molar-refractivity contribution is 0.122. The van der Waals surface area contributed by atoms with E-state index in [1.165, 1.54) is 22.7 Å². The van der Waals surface area contributed by atoms with Crippen molar-refractivity contribution in [3.8, 4) is 0 Å². The van der Waals surface area contributed by atoms with Crippen molar-refractivity contribution in [1.29, 1.82) is 0 Å². The van der Waals surface area contributed by atoms with Gasteiger partial charge in [0.1, 0.15) is 34.9 Å². The van der Waals surface area contributed by atoms with Crippen LogP contribution in [0.25, 0.3) is 21.8 Å². The molecule has 0 spiro atoms. The fourth-order valence-corrected chi connectivity index (χ4v) is 9.92. The van der Waals surface area contributed by atoms with E-state index in [1.54, 1.807) is 18.6 Å². The van der Waals surface area contributed by atoms with Gasteiger partial charge in [-0.1, -0.05) is 0 Å². The number of ether oxygens (including phenoxy) is 2. The normalized spacial score (nSPS) is 17.3. The van der Waals surface area contributed by atoms with Gasteiger partial charge in [-0.2, -0.15) is 4.31 Å². The summed E-state index contributed by atoms with van der Waals surface area (Å²) < 4.78 is 94.4. The maximum absolute atomic E-state index is 15.1. The van der Waals surface area contributed by atoms with E-state index in [-0.39, 0.29) is 16.3 Å². The molecule has 0 radical (unpaired) electrons. The molecule has 4 aliphatic rings. The molecule has 4 fully saturated rings. The summed E-state index contributed by atoms with van der Waals surface area (Å²) in [5.41, 5.74) is 6.32. The van der Waals surface area contributed by atoms with Gasteiger partial charge in [0, 0.05) is 114 Å². The molecule has 16 nitrogen and oxygen atoms in total. The lowest BCUT2D eigenvalue weighted by atomic mass is 10.1. The van der Waals surface area contributed by atoms with Crippen molar-refractivity contribution in [2.75, 3.05) is 141 Å². The Hall–Kier alpha value is -6.13. The van der Waals surface area contributed by atoms with Gasteiger partial charge in [-0.15, -0.1) is 0 Å². The van der Waals surface area contributed by atoms with Crippen LogP contribution in [0.4, 0.5) is 63.3 Å². The fraction of sp³-hybridized carbons (Fsp3) is 0.404. The van der Waals surface area contributed by atoms with Crippen LogP contribution in [0, 0.1) is 37.1 Å². The van der Waals surface area contributed by atoms with Crippen LogP contribution >= 0.6 is 0 Å². The summed E-state index contributed by atoms with van der Waals surface area (Å²) in [7, 11) is -3.29. The van der Waals surface area contributed by atoms with E-state index in [9.17, 15) is 21.6 Å². The Morgan fingerprint density at radius 1 is 0.559 bits per heavy atom. The average molecular weight is 959 g/mol. The zero-order valence-electron chi connectivity index (χ0n) is 38.2. The van der Waals surface area contributed by atoms with Crippen LogP contribution < -0.4 is 35.6 Å². The van der Waals surface area contributed by atoms with Crippen molar-refractivity contribution >= 4 is 77.6 Å². The Morgan fingerprint density at radius 2 is 0.985 bits per heavy atom. The predicted molar refractivity (Wildman–Crippen MR) is 258 cm³/mol. The molecular weight excluding hydrogens is 905 g/mol. The van der Waals surface area contributed by atoms with E-state index >= 15 is 4.39 Å². The Kier molecular flexibility index (Phi) is 14.0. The van der Waals surface area contributed by atoms with Crippen molar-refractivity contribution in [1.82, 2.24) is 29.6 Å². The number of benzene rings is 2. The van der Waals surface area contributed by atoms with E-state index in [4.69, 9.17) is 9.47 Å². The molecule has 0 aliphatic carbocycles. The number of anilines is 8. The lowest BCUT2D eigenvalue weighted by Crippen LogP contribution is -2.48. The van der Waals surface area contributed by atoms with Crippen molar-refractivity contribution in [2.24, 2.45) is 0 Å². The number of hydrogen-bond acceptors (Lipinski definition) is 15. The minimum Gasteiger partial charge on any atom is -0.378 e. The monoisotopic (exact) mass is 958 g/mol. The SMILES string of the molecule is Cc1c(N2CCN(S(C)(=O)=O)CC2)nc2cc(F)cc(F)c2c1Nc1cncc(N2CCOCC2)c1.Cc1c(N2CCNCC2)nc2cc(F)cc(F)c2c1Nc1cncc(N2CCOCC2)c1. The molecule has 3 N–H and O–H groups in total. The lowest BCUT2D eigenvalue weighted by Gasteiger charge is -2.35. The molecule has 0 unspecified atom stereocenters. The van der Waals surface area contributed by atoms with Crippen molar-refractivity contribution in [3.63, 3.8) is 0 Å². The van der Waals surface area contributed by atoms with Crippen molar-refractivity contribution < 1.29 is 35.5 Å². The average Bonchev–Trinajstić information content (AvgIpc) is 3.34. The van der Waals surface area contributed by atoms with Gasteiger partial charge >= 0.3 is 0 Å². The largest absolute Gasteiger partial charge is 0.378 e. The third-order valence-electron chi connectivity index (χ3n) is 12.6. The van der Waals surface area contributed by atoms with Crippen LogP contribution in [0.2, 0.25) is 0 Å². The molecule has 360 valence electrons. The second kappa shape index (κ2) is 20.2. The molecule has 2 aromatic carbocycles. The van der Waals surface area contributed by atoms with E-state index < -0.39 is 33.3 Å². The highest BCUT2D eigenvalue weighted by Crippen LogP contribution is 2.39. The Bertz CT molecular complexity index is 2910. The zero-order valence-corrected chi connectivity index (χ0v) is 39.0. The van der Waals surface area contributed by atoms with Crippen LogP contribution in [-0.2, 0) is 19.5 Å². The van der Waals surface area contributed by atoms with E-state index in [1.807, 2.05) is 37.1 Å².